The predicted molar refractivity (Wildman–Crippen MR) is 255 cm³/mol. The van der Waals surface area contributed by atoms with Crippen LogP contribution in [0.25, 0.3) is 54.6 Å². The zero-order valence-electron chi connectivity index (χ0n) is 34.4. The number of hydrogen-bond donors (Lipinski definition) is 0. The van der Waals surface area contributed by atoms with Crippen molar-refractivity contribution >= 4 is 66.4 Å². The van der Waals surface area contributed by atoms with Crippen molar-refractivity contribution in [2.24, 2.45) is 0 Å². The molecule has 60 heavy (non-hydrogen) atoms. The SMILES string of the molecule is CC1(C)c2ccccc2-c2c(N(c3ccccc3)c3ccc4ccc5c(N(c6ccccc6)c6cccc7c6-c6ccccc6C7(C)C)ccc6ccc3c4c65)cccc21. The van der Waals surface area contributed by atoms with Crippen molar-refractivity contribution in [3.05, 3.63) is 216 Å². The summed E-state index contributed by atoms with van der Waals surface area (Å²) in [6.07, 6.45) is 0. The first-order chi connectivity index (χ1) is 29.3. The summed E-state index contributed by atoms with van der Waals surface area (Å²) in [5.74, 6) is 0. The quantitative estimate of drug-likeness (QED) is 0.155. The van der Waals surface area contributed by atoms with Crippen molar-refractivity contribution in [1.29, 1.82) is 0 Å². The summed E-state index contributed by atoms with van der Waals surface area (Å²) >= 11 is 0. The van der Waals surface area contributed by atoms with Gasteiger partial charge in [0.15, 0.2) is 0 Å². The van der Waals surface area contributed by atoms with E-state index in [0.29, 0.717) is 0 Å². The van der Waals surface area contributed by atoms with Crippen LogP contribution in [-0.2, 0) is 10.8 Å². The van der Waals surface area contributed by atoms with E-state index in [0.717, 1.165) is 11.4 Å². The summed E-state index contributed by atoms with van der Waals surface area (Å²) in [6, 6.07) is 72.3. The standard InChI is InChI=1S/C58H44N2/c1-57(2)45-23-13-11-21-41(45)55-47(57)25-15-27-51(55)59(39-17-7-5-8-18-39)49-35-31-37-30-34-44-50(36-32-38-29-33-43(49)53(37)54(38)44)60(40-19-9-6-10-20-40)52-28-16-26-48-56(52)42-22-12-14-24-46(42)58(48,3)4/h5-36H,1-4H3. The lowest BCUT2D eigenvalue weighted by Crippen LogP contribution is -2.16. The smallest absolute Gasteiger partial charge is 0.0543 e. The molecule has 0 radical (unpaired) electrons. The van der Waals surface area contributed by atoms with Crippen LogP contribution in [0.4, 0.5) is 34.1 Å². The van der Waals surface area contributed by atoms with Gasteiger partial charge >= 0.3 is 0 Å². The first kappa shape index (κ1) is 34.8. The number of anilines is 6. The fourth-order valence-electron chi connectivity index (χ4n) is 11.0. The molecule has 10 aromatic carbocycles. The van der Waals surface area contributed by atoms with E-state index < -0.39 is 0 Å². The molecule has 2 aliphatic carbocycles. The minimum Gasteiger partial charge on any atom is -0.309 e. The van der Waals surface area contributed by atoms with E-state index in [1.165, 1.54) is 99.6 Å². The highest BCUT2D eigenvalue weighted by Gasteiger charge is 2.39. The summed E-state index contributed by atoms with van der Waals surface area (Å²) < 4.78 is 0. The minimum absolute atomic E-state index is 0.106. The van der Waals surface area contributed by atoms with Crippen LogP contribution in [0.15, 0.2) is 194 Å². The number of fused-ring (bicyclic) bond motifs is 6. The monoisotopic (exact) mass is 768 g/mol. The molecule has 0 fully saturated rings. The summed E-state index contributed by atoms with van der Waals surface area (Å²) in [4.78, 5) is 5.01. The van der Waals surface area contributed by atoms with Gasteiger partial charge in [0.1, 0.15) is 0 Å². The second-order valence-corrected chi connectivity index (χ2v) is 17.7. The molecule has 0 bridgehead atoms. The van der Waals surface area contributed by atoms with Crippen molar-refractivity contribution in [3.63, 3.8) is 0 Å². The Bertz CT molecular complexity index is 3100. The lowest BCUT2D eigenvalue weighted by molar-refractivity contribution is 0.660. The molecule has 0 spiro atoms. The van der Waals surface area contributed by atoms with Crippen LogP contribution in [0.5, 0.6) is 0 Å². The summed E-state index contributed by atoms with van der Waals surface area (Å²) in [6.45, 7) is 9.46. The Labute approximate surface area is 351 Å². The molecule has 12 rings (SSSR count). The van der Waals surface area contributed by atoms with Gasteiger partial charge in [0, 0.05) is 44.1 Å². The molecule has 0 unspecified atom stereocenters. The molecule has 286 valence electrons. The van der Waals surface area contributed by atoms with Crippen LogP contribution in [0, 0.1) is 0 Å². The topological polar surface area (TPSA) is 6.48 Å². The minimum atomic E-state index is -0.106. The first-order valence-corrected chi connectivity index (χ1v) is 21.2. The average molecular weight is 769 g/mol. The van der Waals surface area contributed by atoms with Gasteiger partial charge in [-0.3, -0.25) is 0 Å². The van der Waals surface area contributed by atoms with Gasteiger partial charge in [-0.2, -0.15) is 0 Å². The molecule has 2 heteroatoms. The number of benzene rings is 10. The molecule has 0 saturated heterocycles. The predicted octanol–water partition coefficient (Wildman–Crippen LogP) is 16.1. The zero-order chi connectivity index (χ0) is 40.3. The third-order valence-electron chi connectivity index (χ3n) is 13.8. The maximum absolute atomic E-state index is 2.51. The van der Waals surface area contributed by atoms with Crippen molar-refractivity contribution in [3.8, 4) is 22.3 Å². The maximum atomic E-state index is 2.51. The number of nitrogens with zero attached hydrogens (tertiary/aromatic N) is 2. The van der Waals surface area contributed by atoms with Gasteiger partial charge in [-0.05, 0) is 103 Å². The Morgan fingerprint density at radius 1 is 0.300 bits per heavy atom. The molecule has 0 atom stereocenters. The lowest BCUT2D eigenvalue weighted by atomic mass is 9.82. The molecule has 2 nitrogen and oxygen atoms in total. The van der Waals surface area contributed by atoms with E-state index in [2.05, 4.69) is 232 Å². The van der Waals surface area contributed by atoms with E-state index in [4.69, 9.17) is 0 Å². The Kier molecular flexibility index (Phi) is 7.36. The Balaban J connectivity index is 1.13. The summed E-state index contributed by atoms with van der Waals surface area (Å²) in [5.41, 5.74) is 17.5. The molecule has 10 aromatic rings. The Morgan fingerprint density at radius 3 is 1.10 bits per heavy atom. The molecule has 0 saturated carbocycles. The third-order valence-corrected chi connectivity index (χ3v) is 13.8. The van der Waals surface area contributed by atoms with Crippen LogP contribution in [0.2, 0.25) is 0 Å². The van der Waals surface area contributed by atoms with Gasteiger partial charge in [-0.25, -0.2) is 0 Å². The molecule has 0 N–H and O–H groups in total. The number of hydrogen-bond acceptors (Lipinski definition) is 2. The fraction of sp³-hybridized carbons (Fsp3) is 0.103. The molecule has 0 aliphatic heterocycles. The maximum Gasteiger partial charge on any atom is 0.0543 e. The second-order valence-electron chi connectivity index (χ2n) is 17.7. The average Bonchev–Trinajstić information content (AvgIpc) is 3.67. The van der Waals surface area contributed by atoms with Crippen LogP contribution in [0.1, 0.15) is 49.9 Å². The van der Waals surface area contributed by atoms with Crippen molar-refractivity contribution in [2.45, 2.75) is 38.5 Å². The van der Waals surface area contributed by atoms with Gasteiger partial charge in [0.25, 0.3) is 0 Å². The summed E-state index contributed by atoms with van der Waals surface area (Å²) in [7, 11) is 0. The third kappa shape index (κ3) is 4.76. The lowest BCUT2D eigenvalue weighted by Gasteiger charge is -2.31. The summed E-state index contributed by atoms with van der Waals surface area (Å²) in [5, 5.41) is 7.52. The highest BCUT2D eigenvalue weighted by Crippen LogP contribution is 2.57. The zero-order valence-corrected chi connectivity index (χ0v) is 34.4. The van der Waals surface area contributed by atoms with Gasteiger partial charge in [0.05, 0.1) is 22.7 Å². The van der Waals surface area contributed by atoms with Crippen molar-refractivity contribution in [2.75, 3.05) is 9.80 Å². The van der Waals surface area contributed by atoms with Crippen LogP contribution in [0.3, 0.4) is 0 Å². The highest BCUT2D eigenvalue weighted by atomic mass is 15.2. The Hall–Kier alpha value is -7.16. The van der Waals surface area contributed by atoms with Crippen LogP contribution < -0.4 is 9.80 Å². The molecular formula is C58H44N2. The number of para-hydroxylation sites is 2. The van der Waals surface area contributed by atoms with Gasteiger partial charge in [0.2, 0.25) is 0 Å². The van der Waals surface area contributed by atoms with Gasteiger partial charge in [-0.15, -0.1) is 0 Å². The second kappa shape index (κ2) is 12.7. The largest absolute Gasteiger partial charge is 0.309 e. The van der Waals surface area contributed by atoms with Gasteiger partial charge in [-0.1, -0.05) is 173 Å². The Morgan fingerprint density at radius 2 is 0.667 bits per heavy atom. The normalized spacial score (nSPS) is 14.3. The first-order valence-electron chi connectivity index (χ1n) is 21.2. The van der Waals surface area contributed by atoms with Gasteiger partial charge < -0.3 is 9.80 Å². The van der Waals surface area contributed by atoms with Crippen molar-refractivity contribution in [1.82, 2.24) is 0 Å². The van der Waals surface area contributed by atoms with Crippen LogP contribution >= 0.6 is 0 Å². The van der Waals surface area contributed by atoms with E-state index in [1.54, 1.807) is 0 Å². The molecule has 0 heterocycles. The van der Waals surface area contributed by atoms with E-state index in [9.17, 15) is 0 Å². The van der Waals surface area contributed by atoms with Crippen molar-refractivity contribution < 1.29 is 0 Å². The molecule has 0 amide bonds. The van der Waals surface area contributed by atoms with E-state index in [1.807, 2.05) is 0 Å². The fourth-order valence-corrected chi connectivity index (χ4v) is 11.0. The highest BCUT2D eigenvalue weighted by molar-refractivity contribution is 6.28. The molecular weight excluding hydrogens is 725 g/mol. The number of rotatable bonds is 6. The molecule has 2 aliphatic rings. The van der Waals surface area contributed by atoms with E-state index >= 15 is 0 Å². The van der Waals surface area contributed by atoms with E-state index in [-0.39, 0.29) is 10.8 Å². The molecule has 0 aromatic heterocycles. The van der Waals surface area contributed by atoms with Crippen LogP contribution in [-0.4, -0.2) is 0 Å².